The van der Waals surface area contributed by atoms with Gasteiger partial charge >= 0.3 is 6.03 Å². The van der Waals surface area contributed by atoms with Crippen molar-refractivity contribution in [2.24, 2.45) is 5.92 Å². The molecule has 0 radical (unpaired) electrons. The number of amides is 4. The van der Waals surface area contributed by atoms with E-state index in [0.29, 0.717) is 25.6 Å². The second-order valence-electron chi connectivity index (χ2n) is 8.51. The summed E-state index contributed by atoms with van der Waals surface area (Å²) in [5.74, 6) is -0.200. The highest BCUT2D eigenvalue weighted by Gasteiger charge is 2.55. The first-order chi connectivity index (χ1) is 13.0. The van der Waals surface area contributed by atoms with Crippen LogP contribution in [0.2, 0.25) is 0 Å². The van der Waals surface area contributed by atoms with Crippen molar-refractivity contribution < 1.29 is 14.4 Å². The molecule has 4 amide bonds. The first-order valence-corrected chi connectivity index (χ1v) is 10.4. The van der Waals surface area contributed by atoms with Gasteiger partial charge in [0.15, 0.2) is 0 Å². The number of halogens is 1. The minimum atomic E-state index is -0.788. The Hall–Kier alpha value is -1.38. The SMILES string of the molecule is CC1CCCCC12NC(=O)N(CC(=O)N1CCC(N3CCNCC3)C1)C2=O.Cl. The van der Waals surface area contributed by atoms with E-state index in [9.17, 15) is 14.4 Å². The van der Waals surface area contributed by atoms with Gasteiger partial charge in [0.05, 0.1) is 0 Å². The van der Waals surface area contributed by atoms with E-state index in [0.717, 1.165) is 56.8 Å². The van der Waals surface area contributed by atoms with Gasteiger partial charge < -0.3 is 15.5 Å². The molecule has 2 N–H and O–H groups in total. The zero-order valence-corrected chi connectivity index (χ0v) is 17.4. The highest BCUT2D eigenvalue weighted by molar-refractivity contribution is 6.09. The van der Waals surface area contributed by atoms with E-state index in [4.69, 9.17) is 0 Å². The smallest absolute Gasteiger partial charge is 0.325 e. The van der Waals surface area contributed by atoms with Gasteiger partial charge in [-0.1, -0.05) is 19.8 Å². The molecule has 0 aromatic carbocycles. The zero-order chi connectivity index (χ0) is 19.0. The normalized spacial score (nSPS) is 33.9. The third-order valence-corrected chi connectivity index (χ3v) is 6.98. The molecule has 9 heteroatoms. The molecule has 0 aromatic heterocycles. The maximum Gasteiger partial charge on any atom is 0.325 e. The number of nitrogens with zero attached hydrogens (tertiary/aromatic N) is 3. The fourth-order valence-electron chi connectivity index (χ4n) is 5.19. The lowest BCUT2D eigenvalue weighted by Crippen LogP contribution is -2.54. The number of urea groups is 1. The van der Waals surface area contributed by atoms with Gasteiger partial charge in [-0.25, -0.2) is 4.79 Å². The molecule has 4 fully saturated rings. The Kier molecular flexibility index (Phi) is 6.51. The van der Waals surface area contributed by atoms with Crippen LogP contribution in [0.5, 0.6) is 0 Å². The number of nitrogens with one attached hydrogen (secondary N) is 2. The first kappa shape index (κ1) is 21.3. The van der Waals surface area contributed by atoms with Crippen LogP contribution in [0.1, 0.15) is 39.0 Å². The van der Waals surface area contributed by atoms with Crippen LogP contribution in [-0.4, -0.2) is 89.9 Å². The quantitative estimate of drug-likeness (QED) is 0.655. The van der Waals surface area contributed by atoms with Crippen LogP contribution in [0.4, 0.5) is 4.79 Å². The Morgan fingerprint density at radius 3 is 2.61 bits per heavy atom. The molecule has 3 atom stereocenters. The Balaban J connectivity index is 0.00000225. The maximum atomic E-state index is 13.0. The molecule has 3 saturated heterocycles. The van der Waals surface area contributed by atoms with Crippen molar-refractivity contribution in [1.82, 2.24) is 25.3 Å². The second-order valence-corrected chi connectivity index (χ2v) is 8.51. The molecule has 0 bridgehead atoms. The van der Waals surface area contributed by atoms with Gasteiger partial charge in [-0.15, -0.1) is 12.4 Å². The number of piperazine rings is 1. The van der Waals surface area contributed by atoms with Gasteiger partial charge in [0, 0.05) is 45.3 Å². The van der Waals surface area contributed by atoms with Gasteiger partial charge in [0.1, 0.15) is 12.1 Å². The zero-order valence-electron chi connectivity index (χ0n) is 16.6. The van der Waals surface area contributed by atoms with Crippen molar-refractivity contribution in [1.29, 1.82) is 0 Å². The van der Waals surface area contributed by atoms with Gasteiger partial charge in [0.2, 0.25) is 5.91 Å². The van der Waals surface area contributed by atoms with Crippen molar-refractivity contribution in [2.75, 3.05) is 45.8 Å². The second kappa shape index (κ2) is 8.55. The lowest BCUT2D eigenvalue weighted by molar-refractivity contribution is -0.140. The highest BCUT2D eigenvalue weighted by Crippen LogP contribution is 2.38. The van der Waals surface area contributed by atoms with Gasteiger partial charge in [-0.05, 0) is 25.2 Å². The van der Waals surface area contributed by atoms with E-state index in [-0.39, 0.29) is 36.7 Å². The Labute approximate surface area is 172 Å². The number of carbonyl (C=O) groups excluding carboxylic acids is 3. The monoisotopic (exact) mass is 413 g/mol. The van der Waals surface area contributed by atoms with E-state index in [1.165, 1.54) is 0 Å². The molecule has 3 unspecified atom stereocenters. The van der Waals surface area contributed by atoms with Crippen molar-refractivity contribution in [3.05, 3.63) is 0 Å². The topological polar surface area (TPSA) is 85.0 Å². The van der Waals surface area contributed by atoms with Gasteiger partial charge in [0.25, 0.3) is 5.91 Å². The van der Waals surface area contributed by atoms with Crippen LogP contribution in [0.25, 0.3) is 0 Å². The molecular weight excluding hydrogens is 382 g/mol. The molecule has 8 nitrogen and oxygen atoms in total. The Bertz CT molecular complexity index is 627. The van der Waals surface area contributed by atoms with Gasteiger partial charge in [-0.2, -0.15) is 0 Å². The number of hydrogen-bond acceptors (Lipinski definition) is 5. The molecule has 3 heterocycles. The van der Waals surface area contributed by atoms with E-state index in [2.05, 4.69) is 15.5 Å². The molecular formula is C19H32ClN5O3. The summed E-state index contributed by atoms with van der Waals surface area (Å²) in [5.41, 5.74) is -0.788. The van der Waals surface area contributed by atoms with Crippen molar-refractivity contribution in [3.63, 3.8) is 0 Å². The Morgan fingerprint density at radius 2 is 1.89 bits per heavy atom. The first-order valence-electron chi connectivity index (χ1n) is 10.4. The summed E-state index contributed by atoms with van der Waals surface area (Å²) < 4.78 is 0. The fourth-order valence-corrected chi connectivity index (χ4v) is 5.19. The lowest BCUT2D eigenvalue weighted by Gasteiger charge is -2.36. The van der Waals surface area contributed by atoms with E-state index in [1.54, 1.807) is 0 Å². The molecule has 1 spiro atoms. The number of carbonyl (C=O) groups is 3. The van der Waals surface area contributed by atoms with Crippen LogP contribution >= 0.6 is 12.4 Å². The van der Waals surface area contributed by atoms with Gasteiger partial charge in [-0.3, -0.25) is 19.4 Å². The number of rotatable bonds is 3. The predicted octanol–water partition coefficient (Wildman–Crippen LogP) is 0.415. The minimum Gasteiger partial charge on any atom is -0.340 e. The fraction of sp³-hybridized carbons (Fsp3) is 0.842. The van der Waals surface area contributed by atoms with Crippen LogP contribution in [0, 0.1) is 5.92 Å². The summed E-state index contributed by atoms with van der Waals surface area (Å²) in [6.07, 6.45) is 4.61. The molecule has 28 heavy (non-hydrogen) atoms. The number of hydrogen-bond donors (Lipinski definition) is 2. The Morgan fingerprint density at radius 1 is 1.14 bits per heavy atom. The van der Waals surface area contributed by atoms with E-state index in [1.807, 2.05) is 11.8 Å². The summed E-state index contributed by atoms with van der Waals surface area (Å²) in [5, 5.41) is 6.28. The maximum absolute atomic E-state index is 13.0. The summed E-state index contributed by atoms with van der Waals surface area (Å²) in [7, 11) is 0. The average molecular weight is 414 g/mol. The summed E-state index contributed by atoms with van der Waals surface area (Å²) in [6.45, 7) is 7.32. The van der Waals surface area contributed by atoms with Crippen molar-refractivity contribution in [2.45, 2.75) is 50.6 Å². The van der Waals surface area contributed by atoms with Crippen LogP contribution < -0.4 is 10.6 Å². The summed E-state index contributed by atoms with van der Waals surface area (Å²) in [6, 6.07) is -0.0104. The third kappa shape index (κ3) is 3.74. The summed E-state index contributed by atoms with van der Waals surface area (Å²) >= 11 is 0. The van der Waals surface area contributed by atoms with Crippen LogP contribution in [0.15, 0.2) is 0 Å². The molecule has 4 rings (SSSR count). The molecule has 1 aliphatic carbocycles. The standard InChI is InChI=1S/C19H31N5O3.ClH/c1-14-4-2-3-6-19(14)17(26)24(18(27)21-19)13-16(25)23-9-5-15(12-23)22-10-7-20-8-11-22;/h14-15,20H,2-13H2,1H3,(H,21,27);1H. The van der Waals surface area contributed by atoms with E-state index >= 15 is 0 Å². The predicted molar refractivity (Wildman–Crippen MR) is 107 cm³/mol. The third-order valence-electron chi connectivity index (χ3n) is 6.98. The van der Waals surface area contributed by atoms with Crippen LogP contribution in [-0.2, 0) is 9.59 Å². The lowest BCUT2D eigenvalue weighted by atomic mass is 9.73. The minimum absolute atomic E-state index is 0. The number of likely N-dealkylation sites (tertiary alicyclic amines) is 1. The summed E-state index contributed by atoms with van der Waals surface area (Å²) in [4.78, 5) is 43.7. The molecule has 0 aromatic rings. The average Bonchev–Trinajstić information content (AvgIpc) is 3.25. The van der Waals surface area contributed by atoms with Crippen LogP contribution in [0.3, 0.4) is 0 Å². The molecule has 158 valence electrons. The molecule has 4 aliphatic rings. The van der Waals surface area contributed by atoms with Crippen molar-refractivity contribution in [3.8, 4) is 0 Å². The molecule has 1 saturated carbocycles. The van der Waals surface area contributed by atoms with E-state index < -0.39 is 11.6 Å². The largest absolute Gasteiger partial charge is 0.340 e. The highest BCUT2D eigenvalue weighted by atomic mass is 35.5. The number of imide groups is 1. The van der Waals surface area contributed by atoms with Crippen molar-refractivity contribution >= 4 is 30.3 Å². The molecule has 3 aliphatic heterocycles.